The Morgan fingerprint density at radius 2 is 1.77 bits per heavy atom. The molecule has 4 aliphatic heterocycles. The summed E-state index contributed by atoms with van der Waals surface area (Å²) >= 11 is 0. The van der Waals surface area contributed by atoms with Gasteiger partial charge in [-0.1, -0.05) is 26.5 Å². The number of nitrogens with one attached hydrogen (secondary N) is 3. The number of benzene rings is 2. The summed E-state index contributed by atoms with van der Waals surface area (Å²) in [6.07, 6.45) is 8.35. The Hall–Kier alpha value is -6.78. The summed E-state index contributed by atoms with van der Waals surface area (Å²) in [5.74, 6) is -0.0765. The van der Waals surface area contributed by atoms with Gasteiger partial charge in [-0.15, -0.1) is 0 Å². The van der Waals surface area contributed by atoms with Crippen LogP contribution in [0.4, 0.5) is 40.1 Å². The number of pyridine rings is 1. The smallest absolute Gasteiger partial charge is 0.293 e. The van der Waals surface area contributed by atoms with Crippen LogP contribution in [0.25, 0.3) is 11.3 Å². The van der Waals surface area contributed by atoms with Gasteiger partial charge in [0.05, 0.1) is 29.1 Å². The third kappa shape index (κ3) is 8.16. The molecule has 1 aliphatic carbocycles. The Morgan fingerprint density at radius 1 is 0.957 bits per heavy atom. The van der Waals surface area contributed by atoms with Crippen LogP contribution >= 0.6 is 0 Å². The van der Waals surface area contributed by atoms with E-state index in [2.05, 4.69) is 92.7 Å². The number of rotatable bonds is 10. The summed E-state index contributed by atoms with van der Waals surface area (Å²) in [6.45, 7) is 20.6. The SMILES string of the molecule is C=CC(=O)Nc1cc(Nc2nc(-c3ccnc(N4CCn5c(cc6c5CC(C)(C)C6)C4=O)c3CO)cn(C)c2=O)ccc1N1CCN(C2CCN(c3ccc4c(c3)NC(=O)C4(C)C)[C@@H](C)C2)C[C@@H]1C. The van der Waals surface area contributed by atoms with E-state index in [1.54, 1.807) is 30.4 Å². The molecule has 2 aromatic carbocycles. The fourth-order valence-corrected chi connectivity index (χ4v) is 11.6. The van der Waals surface area contributed by atoms with Gasteiger partial charge in [-0.3, -0.25) is 29.0 Å². The van der Waals surface area contributed by atoms with E-state index >= 15 is 0 Å². The highest BCUT2D eigenvalue weighted by Gasteiger charge is 2.41. The minimum Gasteiger partial charge on any atom is -0.392 e. The van der Waals surface area contributed by atoms with Crippen molar-refractivity contribution in [3.63, 3.8) is 0 Å². The summed E-state index contributed by atoms with van der Waals surface area (Å²) in [5.41, 5.74) is 8.78. The average Bonchev–Trinajstić information content (AvgIpc) is 3.90. The fraction of sp³-hybridized carbons (Fsp3) is 0.434. The average molecular weight is 934 g/mol. The zero-order chi connectivity index (χ0) is 48.7. The van der Waals surface area contributed by atoms with Gasteiger partial charge >= 0.3 is 0 Å². The van der Waals surface area contributed by atoms with Crippen molar-refractivity contribution in [1.82, 2.24) is 24.0 Å². The first-order chi connectivity index (χ1) is 32.9. The summed E-state index contributed by atoms with van der Waals surface area (Å²) in [4.78, 5) is 71.7. The third-order valence-electron chi connectivity index (χ3n) is 15.3. The van der Waals surface area contributed by atoms with Crippen molar-refractivity contribution in [2.45, 2.75) is 104 Å². The van der Waals surface area contributed by atoms with Crippen molar-refractivity contribution < 1.29 is 19.5 Å². The monoisotopic (exact) mass is 934 g/mol. The zero-order valence-corrected chi connectivity index (χ0v) is 40.7. The molecule has 1 unspecified atom stereocenters. The number of anilines is 7. The maximum Gasteiger partial charge on any atom is 0.293 e. The van der Waals surface area contributed by atoms with E-state index < -0.39 is 12.0 Å². The first-order valence-corrected chi connectivity index (χ1v) is 24.2. The Bertz CT molecular complexity index is 2990. The molecule has 3 aromatic heterocycles. The molecule has 10 rings (SSSR count). The van der Waals surface area contributed by atoms with Crippen molar-refractivity contribution in [1.29, 1.82) is 0 Å². The summed E-state index contributed by atoms with van der Waals surface area (Å²) in [5, 5.41) is 20.2. The lowest BCUT2D eigenvalue weighted by atomic mass is 9.86. The standard InChI is InChI=1S/C53H63N11O5/c1-9-46(66)56-41-24-34(10-13-43(41)62-19-18-60(28-32(62)3)35-15-17-61(31(2)22-35)36-11-12-39-40(25-36)58-51(69)53(39,6)7)55-47-50(68)59(8)29-42(57-47)37-14-16-54-48(38(37)30-65)64-21-20-63-44(49(64)67)23-33-26-52(4,5)27-45(33)63/h9-14,16,23-25,29,31-32,35,65H,1,15,17-22,26-28,30H2,2-8H3,(H,55,57)(H,56,66)(H,58,69)/t31-,32-,35?/m0/s1. The largest absolute Gasteiger partial charge is 0.392 e. The molecule has 0 radical (unpaired) electrons. The molecular formula is C53H63N11O5. The van der Waals surface area contributed by atoms with Crippen LogP contribution in [0, 0.1) is 5.41 Å². The van der Waals surface area contributed by atoms with Gasteiger partial charge in [0, 0.05) is 111 Å². The first kappa shape index (κ1) is 46.0. The van der Waals surface area contributed by atoms with E-state index in [9.17, 15) is 24.3 Å². The van der Waals surface area contributed by atoms with Gasteiger partial charge in [0.1, 0.15) is 11.5 Å². The molecule has 4 N–H and O–H groups in total. The zero-order valence-electron chi connectivity index (χ0n) is 40.7. The van der Waals surface area contributed by atoms with Gasteiger partial charge in [0.25, 0.3) is 11.5 Å². The number of nitrogens with zero attached hydrogens (tertiary/aromatic N) is 8. The highest BCUT2D eigenvalue weighted by Crippen LogP contribution is 2.42. The minimum atomic E-state index is -0.529. The van der Waals surface area contributed by atoms with Crippen molar-refractivity contribution >= 4 is 57.8 Å². The molecule has 360 valence electrons. The van der Waals surface area contributed by atoms with Crippen molar-refractivity contribution in [2.24, 2.45) is 12.5 Å². The second-order valence-electron chi connectivity index (χ2n) is 21.0. The minimum absolute atomic E-state index is 0.0374. The Balaban J connectivity index is 0.852. The quantitative estimate of drug-likeness (QED) is 0.111. The summed E-state index contributed by atoms with van der Waals surface area (Å²) < 4.78 is 3.58. The van der Waals surface area contributed by atoms with Crippen molar-refractivity contribution in [3.05, 3.63) is 112 Å². The lowest BCUT2D eigenvalue weighted by Gasteiger charge is -2.48. The number of aliphatic hydroxyl groups excluding tert-OH is 1. The van der Waals surface area contributed by atoms with Crippen molar-refractivity contribution in [3.8, 4) is 11.3 Å². The molecule has 16 nitrogen and oxygen atoms in total. The molecule has 3 amide bonds. The number of amides is 3. The van der Waals surface area contributed by atoms with Crippen molar-refractivity contribution in [2.75, 3.05) is 63.4 Å². The van der Waals surface area contributed by atoms with Crippen LogP contribution in [-0.4, -0.2) is 97.7 Å². The number of aliphatic hydroxyl groups is 1. The van der Waals surface area contributed by atoms with Crippen LogP contribution in [0.1, 0.15) is 87.3 Å². The van der Waals surface area contributed by atoms with Gasteiger partial charge in [-0.2, -0.15) is 0 Å². The molecule has 3 atom stereocenters. The summed E-state index contributed by atoms with van der Waals surface area (Å²) in [6, 6.07) is 16.7. The molecular weight excluding hydrogens is 871 g/mol. The molecule has 0 spiro atoms. The highest BCUT2D eigenvalue weighted by atomic mass is 16.3. The predicted octanol–water partition coefficient (Wildman–Crippen LogP) is 6.59. The van der Waals surface area contributed by atoms with E-state index in [-0.39, 0.29) is 40.6 Å². The Morgan fingerprint density at radius 3 is 2.52 bits per heavy atom. The Kier molecular flexibility index (Phi) is 11.5. The maximum atomic E-state index is 14.1. The van der Waals surface area contributed by atoms with Gasteiger partial charge < -0.3 is 40.0 Å². The molecule has 5 aliphatic rings. The third-order valence-corrected chi connectivity index (χ3v) is 15.3. The lowest BCUT2D eigenvalue weighted by molar-refractivity contribution is -0.119. The van der Waals surface area contributed by atoms with Crippen LogP contribution in [0.15, 0.2) is 78.4 Å². The van der Waals surface area contributed by atoms with Gasteiger partial charge in [0.15, 0.2) is 5.82 Å². The number of piperazine rings is 1. The molecule has 0 bridgehead atoms. The molecule has 7 heterocycles. The number of fused-ring (bicyclic) bond motifs is 4. The molecule has 0 saturated carbocycles. The second kappa shape index (κ2) is 17.3. The second-order valence-corrected chi connectivity index (χ2v) is 21.0. The topological polar surface area (TPSA) is 173 Å². The number of hydrogen-bond acceptors (Lipinski definition) is 11. The molecule has 69 heavy (non-hydrogen) atoms. The van der Waals surface area contributed by atoms with Gasteiger partial charge in [-0.05, 0) is 118 Å². The van der Waals surface area contributed by atoms with Gasteiger partial charge in [0.2, 0.25) is 11.8 Å². The van der Waals surface area contributed by atoms with E-state index in [1.165, 1.54) is 21.9 Å². The fourth-order valence-electron chi connectivity index (χ4n) is 11.6. The van der Waals surface area contributed by atoms with Crippen LogP contribution in [-0.2, 0) is 48.0 Å². The first-order valence-electron chi connectivity index (χ1n) is 24.2. The number of piperidine rings is 1. The normalized spacial score (nSPS) is 21.7. The van der Waals surface area contributed by atoms with E-state index in [0.29, 0.717) is 64.9 Å². The maximum absolute atomic E-state index is 14.1. The molecule has 2 fully saturated rings. The highest BCUT2D eigenvalue weighted by molar-refractivity contribution is 6.07. The molecule has 2 saturated heterocycles. The van der Waals surface area contributed by atoms with Crippen LogP contribution in [0.2, 0.25) is 0 Å². The molecule has 16 heteroatoms. The van der Waals surface area contributed by atoms with Crippen LogP contribution in [0.5, 0.6) is 0 Å². The summed E-state index contributed by atoms with van der Waals surface area (Å²) in [7, 11) is 1.64. The van der Waals surface area contributed by atoms with E-state index in [1.807, 2.05) is 38.1 Å². The van der Waals surface area contributed by atoms with Crippen LogP contribution in [0.3, 0.4) is 0 Å². The number of aryl methyl sites for hydroxylation is 1. The number of aromatic nitrogens is 4. The number of hydrogen-bond donors (Lipinski definition) is 4. The predicted molar refractivity (Wildman–Crippen MR) is 271 cm³/mol. The molecule has 5 aromatic rings. The van der Waals surface area contributed by atoms with Gasteiger partial charge in [-0.25, -0.2) is 9.97 Å². The lowest BCUT2D eigenvalue weighted by Crippen LogP contribution is -2.58. The van der Waals surface area contributed by atoms with E-state index in [0.717, 1.165) is 74.5 Å². The van der Waals surface area contributed by atoms with Crippen LogP contribution < -0.4 is 36.2 Å². The number of carbonyl (C=O) groups excluding carboxylic acids is 3. The Labute approximate surface area is 403 Å². The van der Waals surface area contributed by atoms with E-state index in [4.69, 9.17) is 4.98 Å². The number of carbonyl (C=O) groups is 3.